The first-order chi connectivity index (χ1) is 14.1. The van der Waals surface area contributed by atoms with Gasteiger partial charge in [0, 0.05) is 17.4 Å². The van der Waals surface area contributed by atoms with Crippen LogP contribution in [-0.4, -0.2) is 32.1 Å². The van der Waals surface area contributed by atoms with Gasteiger partial charge in [-0.1, -0.05) is 25.5 Å². The molecule has 2 aromatic heterocycles. The molecule has 0 N–H and O–H groups in total. The topological polar surface area (TPSA) is 78.5 Å². The summed E-state index contributed by atoms with van der Waals surface area (Å²) in [5.41, 5.74) is 1.35. The van der Waals surface area contributed by atoms with Crippen LogP contribution in [0.25, 0.3) is 16.6 Å². The highest BCUT2D eigenvalue weighted by Gasteiger charge is 2.17. The number of carbonyl (C=O) groups excluding carboxylic acids is 1. The van der Waals surface area contributed by atoms with Gasteiger partial charge in [-0.2, -0.15) is 4.52 Å². The summed E-state index contributed by atoms with van der Waals surface area (Å²) >= 11 is 0. The molecule has 0 saturated heterocycles. The minimum atomic E-state index is -0.365. The maximum Gasteiger partial charge on any atom is 0.351 e. The molecule has 148 valence electrons. The fraction of sp³-hybridized carbons (Fsp3) is 0.273. The zero-order chi connectivity index (χ0) is 20.4. The summed E-state index contributed by atoms with van der Waals surface area (Å²) in [6.07, 6.45) is 2.70. The van der Waals surface area contributed by atoms with Crippen molar-refractivity contribution in [2.45, 2.75) is 32.7 Å². The van der Waals surface area contributed by atoms with E-state index in [0.717, 1.165) is 24.6 Å². The largest absolute Gasteiger partial charge is 0.497 e. The van der Waals surface area contributed by atoms with Crippen LogP contribution >= 0.6 is 0 Å². The molecular weight excluding hydrogens is 368 g/mol. The molecule has 0 aliphatic heterocycles. The molecular formula is C22H22N4O3. The van der Waals surface area contributed by atoms with Crippen molar-refractivity contribution in [2.75, 3.05) is 7.11 Å². The molecule has 7 nitrogen and oxygen atoms in total. The molecule has 0 aliphatic carbocycles. The summed E-state index contributed by atoms with van der Waals surface area (Å²) in [6.45, 7) is 2.02. The van der Waals surface area contributed by atoms with Crippen LogP contribution in [0.2, 0.25) is 0 Å². The summed E-state index contributed by atoms with van der Waals surface area (Å²) < 4.78 is 7.92. The number of methoxy groups -OCH3 is 1. The van der Waals surface area contributed by atoms with E-state index < -0.39 is 0 Å². The first kappa shape index (κ1) is 18.9. The van der Waals surface area contributed by atoms with E-state index in [9.17, 15) is 9.59 Å². The van der Waals surface area contributed by atoms with Crippen molar-refractivity contribution in [3.05, 3.63) is 70.4 Å². The number of hydrogen-bond acceptors (Lipinski definition) is 5. The van der Waals surface area contributed by atoms with Crippen LogP contribution in [0, 0.1) is 0 Å². The number of aromatic nitrogens is 4. The third-order valence-corrected chi connectivity index (χ3v) is 4.97. The van der Waals surface area contributed by atoms with Crippen molar-refractivity contribution in [2.24, 2.45) is 0 Å². The number of benzene rings is 2. The van der Waals surface area contributed by atoms with E-state index in [2.05, 4.69) is 17.0 Å². The fourth-order valence-corrected chi connectivity index (χ4v) is 3.38. The highest BCUT2D eigenvalue weighted by atomic mass is 16.5. The van der Waals surface area contributed by atoms with Crippen LogP contribution in [0.4, 0.5) is 0 Å². The van der Waals surface area contributed by atoms with E-state index in [0.29, 0.717) is 28.3 Å². The zero-order valence-electron chi connectivity index (χ0n) is 16.5. The Labute approximate surface area is 167 Å². The fourth-order valence-electron chi connectivity index (χ4n) is 3.38. The molecule has 4 aromatic rings. The summed E-state index contributed by atoms with van der Waals surface area (Å²) in [4.78, 5) is 30.6. The molecule has 0 fully saturated rings. The Bertz CT molecular complexity index is 1240. The molecule has 29 heavy (non-hydrogen) atoms. The standard InChI is InChI=1S/C22H22N4O3/c1-3-4-9-20-23-21-17-7-5-6-8-18(17)25(22(28)26(21)24-20)14-19(27)15-10-12-16(29-2)13-11-15/h5-8,10-13H,3-4,9,14H2,1-2H3. The number of hydrogen-bond donors (Lipinski definition) is 0. The van der Waals surface area contributed by atoms with Crippen molar-refractivity contribution >= 4 is 22.3 Å². The molecule has 0 amide bonds. The first-order valence-corrected chi connectivity index (χ1v) is 9.67. The summed E-state index contributed by atoms with van der Waals surface area (Å²) in [5.74, 6) is 1.16. The zero-order valence-corrected chi connectivity index (χ0v) is 16.5. The van der Waals surface area contributed by atoms with Crippen LogP contribution in [-0.2, 0) is 13.0 Å². The number of nitrogens with zero attached hydrogens (tertiary/aromatic N) is 4. The minimum Gasteiger partial charge on any atom is -0.497 e. The number of para-hydroxylation sites is 1. The number of aryl methyl sites for hydroxylation is 1. The lowest BCUT2D eigenvalue weighted by Crippen LogP contribution is -2.30. The van der Waals surface area contributed by atoms with Gasteiger partial charge in [-0.05, 0) is 42.8 Å². The molecule has 2 heterocycles. The van der Waals surface area contributed by atoms with Gasteiger partial charge in [0.15, 0.2) is 17.3 Å². The Morgan fingerprint density at radius 1 is 1.10 bits per heavy atom. The Hall–Kier alpha value is -3.48. The lowest BCUT2D eigenvalue weighted by molar-refractivity contribution is 0.0971. The Kier molecular flexibility index (Phi) is 5.12. The third kappa shape index (κ3) is 3.51. The quantitative estimate of drug-likeness (QED) is 0.453. The molecule has 2 aromatic carbocycles. The molecule has 0 radical (unpaired) electrons. The summed E-state index contributed by atoms with van der Waals surface area (Å²) in [6, 6.07) is 14.3. The predicted molar refractivity (Wildman–Crippen MR) is 111 cm³/mol. The number of unbranched alkanes of at least 4 members (excludes halogenated alkanes) is 1. The van der Waals surface area contributed by atoms with Crippen molar-refractivity contribution in [3.8, 4) is 5.75 Å². The Balaban J connectivity index is 1.80. The van der Waals surface area contributed by atoms with Gasteiger partial charge in [-0.25, -0.2) is 9.78 Å². The SMILES string of the molecule is CCCCc1nc2c3ccccc3n(CC(=O)c3ccc(OC)cc3)c(=O)n2n1. The molecule has 0 spiro atoms. The second-order valence-electron chi connectivity index (χ2n) is 6.90. The Morgan fingerprint density at radius 2 is 1.86 bits per heavy atom. The van der Waals surface area contributed by atoms with Crippen LogP contribution in [0.3, 0.4) is 0 Å². The monoisotopic (exact) mass is 390 g/mol. The van der Waals surface area contributed by atoms with E-state index in [1.165, 1.54) is 9.08 Å². The Morgan fingerprint density at radius 3 is 2.59 bits per heavy atom. The second-order valence-corrected chi connectivity index (χ2v) is 6.90. The van der Waals surface area contributed by atoms with Gasteiger partial charge in [0.1, 0.15) is 5.75 Å². The molecule has 0 aliphatic rings. The first-order valence-electron chi connectivity index (χ1n) is 9.67. The maximum absolute atomic E-state index is 13.1. The number of ether oxygens (including phenoxy) is 1. The van der Waals surface area contributed by atoms with E-state index in [4.69, 9.17) is 4.74 Å². The number of ketones is 1. The van der Waals surface area contributed by atoms with E-state index in [1.54, 1.807) is 31.4 Å². The van der Waals surface area contributed by atoms with Crippen molar-refractivity contribution < 1.29 is 9.53 Å². The van der Waals surface area contributed by atoms with Gasteiger partial charge < -0.3 is 4.74 Å². The van der Waals surface area contributed by atoms with Crippen LogP contribution in [0.1, 0.15) is 35.9 Å². The summed E-state index contributed by atoms with van der Waals surface area (Å²) in [7, 11) is 1.57. The average Bonchev–Trinajstić information content (AvgIpc) is 3.20. The minimum absolute atomic E-state index is 0.0776. The van der Waals surface area contributed by atoms with Crippen molar-refractivity contribution in [1.82, 2.24) is 19.2 Å². The van der Waals surface area contributed by atoms with Gasteiger partial charge in [-0.3, -0.25) is 9.36 Å². The molecule has 0 bridgehead atoms. The molecule has 0 saturated carbocycles. The average molecular weight is 390 g/mol. The van der Waals surface area contributed by atoms with Crippen LogP contribution < -0.4 is 10.4 Å². The maximum atomic E-state index is 13.1. The van der Waals surface area contributed by atoms with Crippen molar-refractivity contribution in [3.63, 3.8) is 0 Å². The molecule has 7 heteroatoms. The summed E-state index contributed by atoms with van der Waals surface area (Å²) in [5, 5.41) is 5.20. The van der Waals surface area contributed by atoms with Gasteiger partial charge in [0.25, 0.3) is 0 Å². The lowest BCUT2D eigenvalue weighted by Gasteiger charge is -2.10. The van der Waals surface area contributed by atoms with Gasteiger partial charge >= 0.3 is 5.69 Å². The third-order valence-electron chi connectivity index (χ3n) is 4.97. The predicted octanol–water partition coefficient (Wildman–Crippen LogP) is 3.28. The lowest BCUT2D eigenvalue weighted by atomic mass is 10.1. The highest BCUT2D eigenvalue weighted by Crippen LogP contribution is 2.18. The number of carbonyl (C=O) groups is 1. The molecule has 0 unspecified atom stereocenters. The van der Waals surface area contributed by atoms with Crippen molar-refractivity contribution in [1.29, 1.82) is 0 Å². The highest BCUT2D eigenvalue weighted by molar-refractivity contribution is 5.98. The van der Waals surface area contributed by atoms with E-state index in [1.807, 2.05) is 24.3 Å². The second kappa shape index (κ2) is 7.87. The van der Waals surface area contributed by atoms with E-state index >= 15 is 0 Å². The number of fused-ring (bicyclic) bond motifs is 3. The van der Waals surface area contributed by atoms with E-state index in [-0.39, 0.29) is 18.0 Å². The van der Waals surface area contributed by atoms with Gasteiger partial charge in [0.2, 0.25) is 0 Å². The number of rotatable bonds is 7. The molecule has 4 rings (SSSR count). The smallest absolute Gasteiger partial charge is 0.351 e. The van der Waals surface area contributed by atoms with Gasteiger partial charge in [0.05, 0.1) is 19.2 Å². The number of Topliss-reactive ketones (excluding diaryl/α,β-unsaturated/α-hetero) is 1. The normalized spacial score (nSPS) is 11.2. The van der Waals surface area contributed by atoms with Crippen LogP contribution in [0.5, 0.6) is 5.75 Å². The van der Waals surface area contributed by atoms with Crippen LogP contribution in [0.15, 0.2) is 53.3 Å². The van der Waals surface area contributed by atoms with Gasteiger partial charge in [-0.15, -0.1) is 5.10 Å². The molecule has 0 atom stereocenters.